The number of urea groups is 1. The summed E-state index contributed by atoms with van der Waals surface area (Å²) in [6.45, 7) is 2.01. The van der Waals surface area contributed by atoms with Crippen LogP contribution < -0.4 is 16.5 Å². The number of β-lactam (4-membered cyclic amide) rings is 1. The zero-order valence-corrected chi connectivity index (χ0v) is 27.3. The van der Waals surface area contributed by atoms with Crippen LogP contribution >= 0.6 is 23.5 Å². The number of piperazine rings is 1. The number of phenolic OH excluding ortho intramolecular Hbond substituents is 1. The summed E-state index contributed by atoms with van der Waals surface area (Å²) in [6.07, 6.45) is 3.18. The van der Waals surface area contributed by atoms with Crippen LogP contribution in [0.4, 0.5) is 4.79 Å². The molecular weight excluding hydrogens is 683 g/mol. The molecule has 5 heterocycles. The number of nitrogens with zero attached hydrogens (tertiary/aromatic N) is 8. The second-order valence-corrected chi connectivity index (χ2v) is 12.9. The lowest BCUT2D eigenvalue weighted by Crippen LogP contribution is -2.71. The van der Waals surface area contributed by atoms with E-state index in [2.05, 4.69) is 25.9 Å². The second kappa shape index (κ2) is 13.5. The van der Waals surface area contributed by atoms with Gasteiger partial charge in [0.25, 0.3) is 11.9 Å². The molecular formula is C28H29N11O8S2. The number of nitrogens with two attached hydrogens (primary N) is 1. The lowest BCUT2D eigenvalue weighted by molar-refractivity contribution is -0.153. The Morgan fingerprint density at radius 1 is 1.12 bits per heavy atom. The van der Waals surface area contributed by atoms with Gasteiger partial charge in [-0.15, -0.1) is 22.0 Å². The molecule has 49 heavy (non-hydrogen) atoms. The standard InChI is InChI=1S/C28H29N11O8S2/c1-2-35-10-11-36(23(44)22(35)43)27(47)32-17(14-4-6-16(40)7-5-14)20(41)31-18-21(42)38-19(25(45)46)15(12-48-24(18)38)13-49-28-34-33-26(39(28)29)37-9-3-8-30-37/h3-9,17-18,24,40H,2,10-13,29H2,1H3,(H,31,41)(H,32,47)(H,45,46)/t17?,18?,24-/m0/s1. The molecule has 0 spiro atoms. The summed E-state index contributed by atoms with van der Waals surface area (Å²) < 4.78 is 2.62. The number of carbonyl (C=O) groups is 6. The topological polar surface area (TPSA) is 251 Å². The van der Waals surface area contributed by atoms with E-state index in [-0.39, 0.29) is 59.3 Å². The van der Waals surface area contributed by atoms with E-state index < -0.39 is 53.1 Å². The first kappa shape index (κ1) is 33.3. The fourth-order valence-electron chi connectivity index (χ4n) is 5.43. The van der Waals surface area contributed by atoms with Crippen LogP contribution in [0.5, 0.6) is 5.75 Å². The summed E-state index contributed by atoms with van der Waals surface area (Å²) in [5.41, 5.74) is 0.417. The van der Waals surface area contributed by atoms with Crippen LogP contribution in [-0.2, 0) is 24.0 Å². The molecule has 3 aliphatic heterocycles. The number of likely N-dealkylation sites (N-methyl/N-ethyl adjacent to an activating group) is 1. The number of fused-ring (bicyclic) bond motifs is 1. The van der Waals surface area contributed by atoms with Gasteiger partial charge < -0.3 is 31.6 Å². The number of carboxylic acid groups (broad SMARTS) is 1. The molecule has 3 atom stereocenters. The average Bonchev–Trinajstić information content (AvgIpc) is 3.75. The summed E-state index contributed by atoms with van der Waals surface area (Å²) in [5, 5.41) is 36.6. The number of hydrogen-bond acceptors (Lipinski definition) is 13. The predicted octanol–water partition coefficient (Wildman–Crippen LogP) is -1.14. The number of carboxylic acids is 1. The molecule has 3 aromatic rings. The summed E-state index contributed by atoms with van der Waals surface area (Å²) in [4.78, 5) is 80.7. The van der Waals surface area contributed by atoms with Crippen LogP contribution in [0.25, 0.3) is 5.95 Å². The molecule has 6 rings (SSSR count). The van der Waals surface area contributed by atoms with Crippen LogP contribution in [0.1, 0.15) is 18.5 Å². The van der Waals surface area contributed by atoms with Crippen molar-refractivity contribution in [2.75, 3.05) is 37.0 Å². The third-order valence-electron chi connectivity index (χ3n) is 7.97. The molecule has 2 aromatic heterocycles. The molecule has 19 nitrogen and oxygen atoms in total. The molecule has 3 aliphatic rings. The summed E-state index contributed by atoms with van der Waals surface area (Å²) in [5.74, 6) is 1.83. The zero-order chi connectivity index (χ0) is 35.0. The van der Waals surface area contributed by atoms with E-state index in [0.29, 0.717) is 10.5 Å². The minimum atomic E-state index is -1.45. The fraction of sp³-hybridized carbons (Fsp3) is 0.321. The number of amides is 6. The maximum Gasteiger partial charge on any atom is 0.352 e. The molecule has 6 amide bonds. The quantitative estimate of drug-likeness (QED) is 0.0722. The van der Waals surface area contributed by atoms with Gasteiger partial charge in [-0.2, -0.15) is 5.10 Å². The van der Waals surface area contributed by atoms with Crippen molar-refractivity contribution in [3.63, 3.8) is 0 Å². The third-order valence-corrected chi connectivity index (χ3v) is 10.3. The largest absolute Gasteiger partial charge is 0.508 e. The van der Waals surface area contributed by atoms with Crippen molar-refractivity contribution in [2.45, 2.75) is 29.5 Å². The number of aromatic nitrogens is 5. The zero-order valence-electron chi connectivity index (χ0n) is 25.6. The van der Waals surface area contributed by atoms with Gasteiger partial charge in [-0.25, -0.2) is 18.9 Å². The van der Waals surface area contributed by atoms with Gasteiger partial charge in [0.05, 0.1) is 0 Å². The van der Waals surface area contributed by atoms with E-state index in [9.17, 15) is 39.0 Å². The molecule has 0 aliphatic carbocycles. The van der Waals surface area contributed by atoms with Gasteiger partial charge in [-0.3, -0.25) is 29.0 Å². The lowest BCUT2D eigenvalue weighted by atomic mass is 10.0. The predicted molar refractivity (Wildman–Crippen MR) is 171 cm³/mol. The maximum absolute atomic E-state index is 13.7. The van der Waals surface area contributed by atoms with Gasteiger partial charge in [0, 0.05) is 43.5 Å². The Bertz CT molecular complexity index is 1860. The number of aliphatic carboxylic acids is 1. The van der Waals surface area contributed by atoms with Gasteiger partial charge in [-0.1, -0.05) is 23.9 Å². The Morgan fingerprint density at radius 2 is 1.88 bits per heavy atom. The van der Waals surface area contributed by atoms with E-state index >= 15 is 0 Å². The van der Waals surface area contributed by atoms with E-state index in [1.54, 1.807) is 25.4 Å². The molecule has 21 heteroatoms. The normalized spacial score (nSPS) is 19.8. The molecule has 6 N–H and O–H groups in total. The van der Waals surface area contributed by atoms with Gasteiger partial charge in [0.15, 0.2) is 0 Å². The van der Waals surface area contributed by atoms with Crippen LogP contribution in [0, 0.1) is 0 Å². The van der Waals surface area contributed by atoms with Crippen LogP contribution in [0.3, 0.4) is 0 Å². The van der Waals surface area contributed by atoms with Crippen molar-refractivity contribution in [3.05, 3.63) is 59.6 Å². The van der Waals surface area contributed by atoms with E-state index in [1.807, 2.05) is 0 Å². The number of nitrogen functional groups attached to an aromatic ring is 1. The third kappa shape index (κ3) is 6.24. The van der Waals surface area contributed by atoms with E-state index in [1.165, 1.54) is 50.3 Å². The highest BCUT2D eigenvalue weighted by atomic mass is 32.2. The average molecular weight is 712 g/mol. The number of benzene rings is 1. The lowest BCUT2D eigenvalue weighted by Gasteiger charge is -2.49. The Labute approximate surface area is 285 Å². The molecule has 0 saturated carbocycles. The van der Waals surface area contributed by atoms with Crippen molar-refractivity contribution in [1.29, 1.82) is 0 Å². The summed E-state index contributed by atoms with van der Waals surface area (Å²) in [6, 6.07) is 3.43. The number of carbonyl (C=O) groups excluding carboxylic acids is 5. The molecule has 2 fully saturated rings. The minimum absolute atomic E-state index is 0.0942. The van der Waals surface area contributed by atoms with Crippen LogP contribution in [-0.4, -0.2) is 128 Å². The number of nitrogens with one attached hydrogen (secondary N) is 2. The Hall–Kier alpha value is -5.57. The number of phenols is 1. The van der Waals surface area contributed by atoms with Crippen molar-refractivity contribution in [3.8, 4) is 11.7 Å². The smallest absolute Gasteiger partial charge is 0.352 e. The maximum atomic E-state index is 13.7. The highest BCUT2D eigenvalue weighted by molar-refractivity contribution is 8.01. The Balaban J connectivity index is 1.16. The highest BCUT2D eigenvalue weighted by Gasteiger charge is 2.54. The first-order chi connectivity index (χ1) is 23.5. The Kier molecular flexibility index (Phi) is 9.19. The van der Waals surface area contributed by atoms with Gasteiger partial charge in [0.1, 0.15) is 28.9 Å². The van der Waals surface area contributed by atoms with Gasteiger partial charge in [0.2, 0.25) is 11.1 Å². The second-order valence-electron chi connectivity index (χ2n) is 10.9. The van der Waals surface area contributed by atoms with E-state index in [0.717, 1.165) is 16.7 Å². The first-order valence-electron chi connectivity index (χ1n) is 14.7. The monoisotopic (exact) mass is 711 g/mol. The SMILES string of the molecule is CCN1CCN(C(=O)NC(C(=O)NC2C(=O)N3C(C(=O)O)=C(CSc4nnc(-n5cccn5)n4N)CS[C@@H]23)c2ccc(O)cc2)C(=O)C1=O. The van der Waals surface area contributed by atoms with Crippen molar-refractivity contribution >= 4 is 59.2 Å². The molecule has 256 valence electrons. The molecule has 0 radical (unpaired) electrons. The fourth-order valence-corrected chi connectivity index (χ4v) is 7.77. The number of thioether (sulfide) groups is 2. The van der Waals surface area contributed by atoms with Crippen molar-refractivity contribution in [2.24, 2.45) is 0 Å². The van der Waals surface area contributed by atoms with Crippen LogP contribution in [0.2, 0.25) is 0 Å². The molecule has 2 unspecified atom stereocenters. The number of hydrogen-bond donors (Lipinski definition) is 5. The first-order valence-corrected chi connectivity index (χ1v) is 16.8. The van der Waals surface area contributed by atoms with E-state index in [4.69, 9.17) is 5.84 Å². The molecule has 1 aromatic carbocycles. The molecule has 2 saturated heterocycles. The van der Waals surface area contributed by atoms with Crippen molar-refractivity contribution in [1.82, 2.24) is 50.0 Å². The highest BCUT2D eigenvalue weighted by Crippen LogP contribution is 2.41. The number of imide groups is 1. The summed E-state index contributed by atoms with van der Waals surface area (Å²) in [7, 11) is 0. The number of aromatic hydroxyl groups is 1. The van der Waals surface area contributed by atoms with Crippen LogP contribution in [0.15, 0.2) is 59.2 Å². The Morgan fingerprint density at radius 3 is 2.55 bits per heavy atom. The number of rotatable bonds is 10. The van der Waals surface area contributed by atoms with Gasteiger partial charge >= 0.3 is 23.8 Å². The summed E-state index contributed by atoms with van der Waals surface area (Å²) >= 11 is 2.37. The van der Waals surface area contributed by atoms with Crippen molar-refractivity contribution < 1.29 is 39.0 Å². The molecule has 0 bridgehead atoms. The van der Waals surface area contributed by atoms with Gasteiger partial charge in [-0.05, 0) is 36.3 Å². The minimum Gasteiger partial charge on any atom is -0.508 e.